The van der Waals surface area contributed by atoms with Crippen LogP contribution in [0.3, 0.4) is 0 Å². The van der Waals surface area contributed by atoms with Crippen LogP contribution in [-0.2, 0) is 0 Å². The molecule has 0 atom stereocenters. The Morgan fingerprint density at radius 3 is 2.92 bits per heavy atom. The first-order valence-corrected chi connectivity index (χ1v) is 4.66. The van der Waals surface area contributed by atoms with E-state index in [0.717, 1.165) is 25.5 Å². The van der Waals surface area contributed by atoms with Gasteiger partial charge in [-0.3, -0.25) is 0 Å². The molecule has 0 spiro atoms. The van der Waals surface area contributed by atoms with E-state index >= 15 is 0 Å². The number of pyridine rings is 1. The van der Waals surface area contributed by atoms with E-state index in [1.165, 1.54) is 0 Å². The Labute approximate surface area is 79.8 Å². The van der Waals surface area contributed by atoms with Gasteiger partial charge in [-0.2, -0.15) is 0 Å². The number of likely N-dealkylation sites (N-methyl/N-ethyl adjacent to an activating group) is 1. The van der Waals surface area contributed by atoms with Gasteiger partial charge in [-0.1, -0.05) is 13.0 Å². The van der Waals surface area contributed by atoms with Crippen LogP contribution in [0.2, 0.25) is 0 Å². The van der Waals surface area contributed by atoms with Gasteiger partial charge in [0.1, 0.15) is 5.82 Å². The van der Waals surface area contributed by atoms with Gasteiger partial charge in [0.05, 0.1) is 0 Å². The summed E-state index contributed by atoms with van der Waals surface area (Å²) < 4.78 is 0. The van der Waals surface area contributed by atoms with Crippen LogP contribution < -0.4 is 5.32 Å². The highest BCUT2D eigenvalue weighted by molar-refractivity contribution is 5.32. The number of hydrogen-bond donors (Lipinski definition) is 1. The lowest BCUT2D eigenvalue weighted by Gasteiger charge is -2.13. The van der Waals surface area contributed by atoms with Crippen LogP contribution in [0.5, 0.6) is 0 Å². The van der Waals surface area contributed by atoms with Gasteiger partial charge in [0.15, 0.2) is 0 Å². The number of nitrogens with zero attached hydrogens (tertiary/aromatic N) is 2. The summed E-state index contributed by atoms with van der Waals surface area (Å²) in [6.07, 6.45) is 1.80. The second-order valence-corrected chi connectivity index (χ2v) is 3.04. The molecule has 0 saturated carbocycles. The van der Waals surface area contributed by atoms with Crippen LogP contribution in [0.25, 0.3) is 0 Å². The van der Waals surface area contributed by atoms with Gasteiger partial charge in [0.25, 0.3) is 0 Å². The van der Waals surface area contributed by atoms with Crippen molar-refractivity contribution in [3.63, 3.8) is 0 Å². The van der Waals surface area contributed by atoms with Crippen molar-refractivity contribution in [3.8, 4) is 0 Å². The molecule has 0 saturated heterocycles. The van der Waals surface area contributed by atoms with Crippen molar-refractivity contribution in [2.45, 2.75) is 6.92 Å². The Balaban J connectivity index is 2.20. The van der Waals surface area contributed by atoms with Crippen molar-refractivity contribution in [1.82, 2.24) is 9.88 Å². The van der Waals surface area contributed by atoms with Crippen LogP contribution in [0.15, 0.2) is 24.4 Å². The maximum absolute atomic E-state index is 4.17. The molecule has 0 aliphatic carbocycles. The van der Waals surface area contributed by atoms with Crippen LogP contribution in [-0.4, -0.2) is 36.6 Å². The molecule has 1 aromatic heterocycles. The lowest BCUT2D eigenvalue weighted by Crippen LogP contribution is -2.24. The molecule has 1 aromatic rings. The van der Waals surface area contributed by atoms with E-state index in [-0.39, 0.29) is 0 Å². The molecule has 0 bridgehead atoms. The van der Waals surface area contributed by atoms with E-state index in [1.807, 2.05) is 18.2 Å². The van der Waals surface area contributed by atoms with Gasteiger partial charge in [0, 0.05) is 19.3 Å². The summed E-state index contributed by atoms with van der Waals surface area (Å²) in [5.41, 5.74) is 0. The standard InChI is InChI=1S/C10H17N3/c1-3-13(2)9-8-12-10-6-4-5-7-11-10/h4-7H,3,8-9H2,1-2H3,(H,11,12). The minimum atomic E-state index is 0.946. The molecule has 0 aliphatic rings. The second-order valence-electron chi connectivity index (χ2n) is 3.04. The minimum absolute atomic E-state index is 0.946. The molecular formula is C10H17N3. The highest BCUT2D eigenvalue weighted by atomic mass is 15.1. The maximum Gasteiger partial charge on any atom is 0.125 e. The summed E-state index contributed by atoms with van der Waals surface area (Å²) in [4.78, 5) is 6.43. The highest BCUT2D eigenvalue weighted by Gasteiger charge is 1.94. The zero-order valence-electron chi connectivity index (χ0n) is 8.33. The molecule has 0 unspecified atom stereocenters. The molecule has 0 fully saturated rings. The molecule has 3 nitrogen and oxygen atoms in total. The Morgan fingerprint density at radius 2 is 2.31 bits per heavy atom. The molecule has 0 aliphatic heterocycles. The van der Waals surface area contributed by atoms with Gasteiger partial charge >= 0.3 is 0 Å². The van der Waals surface area contributed by atoms with Crippen molar-refractivity contribution >= 4 is 5.82 Å². The molecule has 0 radical (unpaired) electrons. The fraction of sp³-hybridized carbons (Fsp3) is 0.500. The van der Waals surface area contributed by atoms with Crippen molar-refractivity contribution in [3.05, 3.63) is 24.4 Å². The van der Waals surface area contributed by atoms with E-state index in [0.29, 0.717) is 0 Å². The fourth-order valence-corrected chi connectivity index (χ4v) is 1.00. The van der Waals surface area contributed by atoms with Crippen LogP contribution in [0, 0.1) is 0 Å². The molecule has 1 rings (SSSR count). The van der Waals surface area contributed by atoms with Gasteiger partial charge in [-0.15, -0.1) is 0 Å². The third-order valence-corrected chi connectivity index (χ3v) is 2.00. The topological polar surface area (TPSA) is 28.2 Å². The maximum atomic E-state index is 4.17. The Kier molecular flexibility index (Phi) is 4.26. The van der Waals surface area contributed by atoms with Crippen molar-refractivity contribution < 1.29 is 0 Å². The zero-order chi connectivity index (χ0) is 9.52. The number of anilines is 1. The predicted octanol–water partition coefficient (Wildman–Crippen LogP) is 1.45. The van der Waals surface area contributed by atoms with E-state index in [1.54, 1.807) is 6.20 Å². The van der Waals surface area contributed by atoms with E-state index in [2.05, 4.69) is 29.2 Å². The van der Waals surface area contributed by atoms with Crippen LogP contribution >= 0.6 is 0 Å². The molecule has 1 heterocycles. The molecule has 0 amide bonds. The van der Waals surface area contributed by atoms with Gasteiger partial charge in [0.2, 0.25) is 0 Å². The zero-order valence-corrected chi connectivity index (χ0v) is 8.33. The minimum Gasteiger partial charge on any atom is -0.369 e. The molecule has 3 heteroatoms. The lowest BCUT2D eigenvalue weighted by molar-refractivity contribution is 0.367. The fourth-order valence-electron chi connectivity index (χ4n) is 1.00. The first-order chi connectivity index (χ1) is 6.33. The molecule has 1 N–H and O–H groups in total. The molecule has 72 valence electrons. The van der Waals surface area contributed by atoms with E-state index in [9.17, 15) is 0 Å². The summed E-state index contributed by atoms with van der Waals surface area (Å²) in [7, 11) is 2.11. The molecule has 0 aromatic carbocycles. The Bertz CT molecular complexity index is 223. The third-order valence-electron chi connectivity index (χ3n) is 2.00. The first-order valence-electron chi connectivity index (χ1n) is 4.66. The van der Waals surface area contributed by atoms with Crippen LogP contribution in [0.1, 0.15) is 6.92 Å². The predicted molar refractivity (Wildman–Crippen MR) is 55.9 cm³/mol. The smallest absolute Gasteiger partial charge is 0.125 e. The second kappa shape index (κ2) is 5.54. The SMILES string of the molecule is CCN(C)CCNc1ccccn1. The van der Waals surface area contributed by atoms with Gasteiger partial charge in [-0.05, 0) is 25.7 Å². The molecular weight excluding hydrogens is 162 g/mol. The monoisotopic (exact) mass is 179 g/mol. The third kappa shape index (κ3) is 3.90. The number of hydrogen-bond acceptors (Lipinski definition) is 3. The first kappa shape index (κ1) is 9.99. The average Bonchev–Trinajstić information content (AvgIpc) is 2.19. The lowest BCUT2D eigenvalue weighted by atomic mass is 10.4. The largest absolute Gasteiger partial charge is 0.369 e. The van der Waals surface area contributed by atoms with Crippen molar-refractivity contribution in [1.29, 1.82) is 0 Å². The molecule has 13 heavy (non-hydrogen) atoms. The van der Waals surface area contributed by atoms with E-state index < -0.39 is 0 Å². The summed E-state index contributed by atoms with van der Waals surface area (Å²) in [5, 5.41) is 3.26. The van der Waals surface area contributed by atoms with Gasteiger partial charge in [-0.25, -0.2) is 4.98 Å². The quantitative estimate of drug-likeness (QED) is 0.741. The summed E-state index contributed by atoms with van der Waals surface area (Å²) >= 11 is 0. The number of aromatic nitrogens is 1. The number of rotatable bonds is 5. The highest BCUT2D eigenvalue weighted by Crippen LogP contribution is 1.98. The van der Waals surface area contributed by atoms with Crippen LogP contribution in [0.4, 0.5) is 5.82 Å². The summed E-state index contributed by atoms with van der Waals surface area (Å²) in [6.45, 7) is 5.24. The van der Waals surface area contributed by atoms with E-state index in [4.69, 9.17) is 0 Å². The van der Waals surface area contributed by atoms with Crippen molar-refractivity contribution in [2.24, 2.45) is 0 Å². The Morgan fingerprint density at radius 1 is 1.46 bits per heavy atom. The summed E-state index contributed by atoms with van der Waals surface area (Å²) in [6, 6.07) is 5.88. The van der Waals surface area contributed by atoms with Gasteiger partial charge < -0.3 is 10.2 Å². The average molecular weight is 179 g/mol. The normalized spacial score (nSPS) is 10.4. The summed E-state index contributed by atoms with van der Waals surface area (Å²) in [5.74, 6) is 0.951. The van der Waals surface area contributed by atoms with Crippen molar-refractivity contribution in [2.75, 3.05) is 32.0 Å². The Hall–Kier alpha value is -1.09. The number of nitrogens with one attached hydrogen (secondary N) is 1.